The Hall–Kier alpha value is -1.36. The average molecular weight is 264 g/mol. The predicted octanol–water partition coefficient (Wildman–Crippen LogP) is 2.40. The molecule has 104 valence electrons. The van der Waals surface area contributed by atoms with Crippen LogP contribution in [0.2, 0.25) is 0 Å². The van der Waals surface area contributed by atoms with E-state index in [9.17, 15) is 4.79 Å². The second kappa shape index (κ2) is 5.33. The third-order valence-corrected chi connectivity index (χ3v) is 4.03. The van der Waals surface area contributed by atoms with Crippen LogP contribution in [0.3, 0.4) is 0 Å². The fraction of sp³-hybridized carbons (Fsp3) is 0.714. The molecule has 2 atom stereocenters. The topological polar surface area (TPSA) is 64.2 Å². The minimum absolute atomic E-state index is 0.0274. The first kappa shape index (κ1) is 12.7. The van der Waals surface area contributed by atoms with Gasteiger partial charge in [-0.3, -0.25) is 5.10 Å². The summed E-state index contributed by atoms with van der Waals surface area (Å²) in [5, 5.41) is 6.98. The Labute approximate surface area is 112 Å². The molecule has 1 N–H and O–H groups in total. The van der Waals surface area contributed by atoms with E-state index in [0.717, 1.165) is 31.4 Å². The van der Waals surface area contributed by atoms with Crippen LogP contribution in [-0.2, 0) is 9.47 Å². The molecule has 19 heavy (non-hydrogen) atoms. The molecule has 1 heterocycles. The third kappa shape index (κ3) is 2.81. The van der Waals surface area contributed by atoms with E-state index in [1.807, 2.05) is 6.07 Å². The monoisotopic (exact) mass is 264 g/mol. The predicted molar refractivity (Wildman–Crippen MR) is 69.0 cm³/mol. The largest absolute Gasteiger partial charge is 0.455 e. The summed E-state index contributed by atoms with van der Waals surface area (Å²) in [6, 6.07) is 1.82. The van der Waals surface area contributed by atoms with Gasteiger partial charge in [-0.15, -0.1) is 0 Å². The number of carbonyl (C=O) groups is 1. The van der Waals surface area contributed by atoms with Gasteiger partial charge in [0.25, 0.3) is 0 Å². The first-order chi connectivity index (χ1) is 9.28. The van der Waals surface area contributed by atoms with Crippen LogP contribution in [-0.4, -0.2) is 35.5 Å². The van der Waals surface area contributed by atoms with Crippen molar-refractivity contribution in [2.24, 2.45) is 0 Å². The van der Waals surface area contributed by atoms with Crippen molar-refractivity contribution in [3.8, 4) is 0 Å². The van der Waals surface area contributed by atoms with Gasteiger partial charge in [0.05, 0.1) is 6.10 Å². The van der Waals surface area contributed by atoms with Gasteiger partial charge in [0.15, 0.2) is 5.69 Å². The van der Waals surface area contributed by atoms with Gasteiger partial charge in [-0.25, -0.2) is 4.79 Å². The molecule has 0 aromatic carbocycles. The molecule has 2 aliphatic carbocycles. The summed E-state index contributed by atoms with van der Waals surface area (Å²) in [6.45, 7) is 0. The molecule has 0 amide bonds. The van der Waals surface area contributed by atoms with Crippen LogP contribution in [0.4, 0.5) is 0 Å². The quantitative estimate of drug-likeness (QED) is 0.848. The van der Waals surface area contributed by atoms with E-state index in [1.165, 1.54) is 12.8 Å². The van der Waals surface area contributed by atoms with Gasteiger partial charge >= 0.3 is 5.97 Å². The van der Waals surface area contributed by atoms with E-state index >= 15 is 0 Å². The number of aromatic amines is 1. The van der Waals surface area contributed by atoms with E-state index in [1.54, 1.807) is 7.11 Å². The third-order valence-electron chi connectivity index (χ3n) is 4.03. The number of H-pyrrole nitrogens is 1. The zero-order chi connectivity index (χ0) is 13.2. The first-order valence-corrected chi connectivity index (χ1v) is 7.07. The van der Waals surface area contributed by atoms with Gasteiger partial charge in [0, 0.05) is 18.7 Å². The summed E-state index contributed by atoms with van der Waals surface area (Å²) < 4.78 is 10.9. The normalized spacial score (nSPS) is 27.2. The lowest BCUT2D eigenvalue weighted by Gasteiger charge is -2.29. The second-order valence-electron chi connectivity index (χ2n) is 5.49. The minimum atomic E-state index is -0.336. The van der Waals surface area contributed by atoms with Crippen LogP contribution in [0.15, 0.2) is 6.07 Å². The molecule has 1 aromatic rings. The molecule has 0 aliphatic heterocycles. The summed E-state index contributed by atoms with van der Waals surface area (Å²) >= 11 is 0. The number of hydrogen-bond donors (Lipinski definition) is 1. The van der Waals surface area contributed by atoms with Crippen molar-refractivity contribution in [1.82, 2.24) is 10.2 Å². The molecule has 2 aliphatic rings. The fourth-order valence-electron chi connectivity index (χ4n) is 2.71. The number of aromatic nitrogens is 2. The number of ether oxygens (including phenoxy) is 2. The first-order valence-electron chi connectivity index (χ1n) is 7.07. The maximum absolute atomic E-state index is 12.1. The maximum Gasteiger partial charge on any atom is 0.359 e. The summed E-state index contributed by atoms with van der Waals surface area (Å²) in [5.74, 6) is 0.229. The molecule has 0 radical (unpaired) electrons. The van der Waals surface area contributed by atoms with Crippen molar-refractivity contribution in [1.29, 1.82) is 0 Å². The van der Waals surface area contributed by atoms with Crippen molar-refractivity contribution in [3.05, 3.63) is 17.5 Å². The number of esters is 1. The van der Waals surface area contributed by atoms with Crippen molar-refractivity contribution >= 4 is 5.97 Å². The Morgan fingerprint density at radius 1 is 1.26 bits per heavy atom. The molecule has 5 nitrogen and oxygen atoms in total. The van der Waals surface area contributed by atoms with Gasteiger partial charge in [0.1, 0.15) is 6.10 Å². The summed E-state index contributed by atoms with van der Waals surface area (Å²) in [5.41, 5.74) is 1.45. The lowest BCUT2D eigenvalue weighted by atomic mass is 9.94. The van der Waals surface area contributed by atoms with Crippen LogP contribution in [0, 0.1) is 0 Å². The molecule has 5 heteroatoms. The zero-order valence-electron chi connectivity index (χ0n) is 11.2. The molecule has 3 rings (SSSR count). The molecule has 2 fully saturated rings. The summed E-state index contributed by atoms with van der Waals surface area (Å²) in [7, 11) is 1.68. The highest BCUT2D eigenvalue weighted by Crippen LogP contribution is 2.39. The molecule has 1 aromatic heterocycles. The summed E-state index contributed by atoms with van der Waals surface area (Å²) in [4.78, 5) is 12.1. The van der Waals surface area contributed by atoms with E-state index in [4.69, 9.17) is 9.47 Å². The van der Waals surface area contributed by atoms with Crippen molar-refractivity contribution in [2.75, 3.05) is 7.11 Å². The Bertz CT molecular complexity index is 453. The SMILES string of the molecule is COC1CCCCC1OC(=O)c1cc(C2CC2)[nH]n1. The highest BCUT2D eigenvalue weighted by molar-refractivity contribution is 5.87. The van der Waals surface area contributed by atoms with Crippen LogP contribution < -0.4 is 0 Å². The van der Waals surface area contributed by atoms with E-state index in [2.05, 4.69) is 10.2 Å². The number of nitrogens with zero attached hydrogens (tertiary/aromatic N) is 1. The average Bonchev–Trinajstić information content (AvgIpc) is 3.17. The Morgan fingerprint density at radius 2 is 2.00 bits per heavy atom. The van der Waals surface area contributed by atoms with Crippen molar-refractivity contribution in [3.63, 3.8) is 0 Å². The smallest absolute Gasteiger partial charge is 0.359 e. The Morgan fingerprint density at radius 3 is 2.68 bits per heavy atom. The van der Waals surface area contributed by atoms with Gasteiger partial charge in [-0.1, -0.05) is 6.42 Å². The molecule has 2 saturated carbocycles. The Balaban J connectivity index is 1.62. The van der Waals surface area contributed by atoms with Crippen molar-refractivity contribution < 1.29 is 14.3 Å². The second-order valence-corrected chi connectivity index (χ2v) is 5.49. The van der Waals surface area contributed by atoms with E-state index in [0.29, 0.717) is 11.6 Å². The lowest BCUT2D eigenvalue weighted by molar-refractivity contribution is -0.0542. The molecule has 2 unspecified atom stereocenters. The highest BCUT2D eigenvalue weighted by Gasteiger charge is 2.30. The van der Waals surface area contributed by atoms with Crippen LogP contribution in [0.5, 0.6) is 0 Å². The lowest BCUT2D eigenvalue weighted by Crippen LogP contribution is -2.35. The van der Waals surface area contributed by atoms with Gasteiger partial charge < -0.3 is 9.47 Å². The number of carbonyl (C=O) groups excluding carboxylic acids is 1. The number of rotatable bonds is 4. The molecular formula is C14H20N2O3. The van der Waals surface area contributed by atoms with E-state index < -0.39 is 0 Å². The molecule has 0 saturated heterocycles. The fourth-order valence-corrected chi connectivity index (χ4v) is 2.71. The summed E-state index contributed by atoms with van der Waals surface area (Å²) in [6.07, 6.45) is 6.33. The molecule has 0 bridgehead atoms. The molecular weight excluding hydrogens is 244 g/mol. The minimum Gasteiger partial charge on any atom is -0.455 e. The number of hydrogen-bond acceptors (Lipinski definition) is 4. The van der Waals surface area contributed by atoms with Crippen LogP contribution in [0.1, 0.15) is 60.6 Å². The maximum atomic E-state index is 12.1. The highest BCUT2D eigenvalue weighted by atomic mass is 16.6. The molecule has 0 spiro atoms. The van der Waals surface area contributed by atoms with Crippen LogP contribution in [0.25, 0.3) is 0 Å². The van der Waals surface area contributed by atoms with Crippen molar-refractivity contribution in [2.45, 2.75) is 56.7 Å². The van der Waals surface area contributed by atoms with Gasteiger partial charge in [0.2, 0.25) is 0 Å². The van der Waals surface area contributed by atoms with Crippen LogP contribution >= 0.6 is 0 Å². The zero-order valence-corrected chi connectivity index (χ0v) is 11.2. The Kier molecular flexibility index (Phi) is 3.55. The number of methoxy groups -OCH3 is 1. The standard InChI is InChI=1S/C14H20N2O3/c1-18-12-4-2-3-5-13(12)19-14(17)11-8-10(15-16-11)9-6-7-9/h8-9,12-13H,2-7H2,1H3,(H,15,16). The van der Waals surface area contributed by atoms with Gasteiger partial charge in [-0.05, 0) is 38.2 Å². The van der Waals surface area contributed by atoms with E-state index in [-0.39, 0.29) is 18.2 Å². The van der Waals surface area contributed by atoms with Gasteiger partial charge in [-0.2, -0.15) is 5.10 Å². The number of nitrogens with one attached hydrogen (secondary N) is 1.